The molecule has 1 saturated heterocycles. The highest BCUT2D eigenvalue weighted by Crippen LogP contribution is 2.31. The van der Waals surface area contributed by atoms with Crippen molar-refractivity contribution in [2.75, 3.05) is 19.7 Å². The highest BCUT2D eigenvalue weighted by molar-refractivity contribution is 5.96. The SMILES string of the molecule is CCOc1ccccc1-c1cccc(C(=O)N2CC(n3cc([C@H](C)O)nn3)C2)c1. The molecule has 1 atom stereocenters. The summed E-state index contributed by atoms with van der Waals surface area (Å²) in [6.07, 6.45) is 1.09. The molecule has 2 aromatic carbocycles. The number of hydrogen-bond acceptors (Lipinski definition) is 5. The third kappa shape index (κ3) is 3.86. The Morgan fingerprint density at radius 2 is 2.03 bits per heavy atom. The molecule has 0 bridgehead atoms. The van der Waals surface area contributed by atoms with Crippen LogP contribution >= 0.6 is 0 Å². The van der Waals surface area contributed by atoms with Crippen molar-refractivity contribution in [2.24, 2.45) is 0 Å². The van der Waals surface area contributed by atoms with Gasteiger partial charge in [-0.2, -0.15) is 0 Å². The molecule has 1 aromatic heterocycles. The summed E-state index contributed by atoms with van der Waals surface area (Å²) >= 11 is 0. The van der Waals surface area contributed by atoms with Crippen LogP contribution in [0.4, 0.5) is 0 Å². The minimum atomic E-state index is -0.649. The van der Waals surface area contributed by atoms with E-state index < -0.39 is 6.10 Å². The molecule has 1 aliphatic rings. The average molecular weight is 392 g/mol. The summed E-state index contributed by atoms with van der Waals surface area (Å²) < 4.78 is 7.45. The molecule has 1 amide bonds. The van der Waals surface area contributed by atoms with Crippen molar-refractivity contribution in [1.29, 1.82) is 0 Å². The molecule has 7 heteroatoms. The topological polar surface area (TPSA) is 80.5 Å². The Morgan fingerprint density at radius 1 is 1.24 bits per heavy atom. The van der Waals surface area contributed by atoms with Crippen LogP contribution in [-0.2, 0) is 0 Å². The van der Waals surface area contributed by atoms with Gasteiger partial charge in [-0.15, -0.1) is 5.10 Å². The summed E-state index contributed by atoms with van der Waals surface area (Å²) in [4.78, 5) is 14.7. The zero-order valence-electron chi connectivity index (χ0n) is 16.5. The van der Waals surface area contributed by atoms with Gasteiger partial charge < -0.3 is 14.7 Å². The number of hydrogen-bond donors (Lipinski definition) is 1. The van der Waals surface area contributed by atoms with Gasteiger partial charge in [0.15, 0.2) is 0 Å². The fourth-order valence-corrected chi connectivity index (χ4v) is 3.44. The molecule has 3 aromatic rings. The van der Waals surface area contributed by atoms with Crippen LogP contribution in [-0.4, -0.2) is 50.6 Å². The lowest BCUT2D eigenvalue weighted by Gasteiger charge is -2.39. The van der Waals surface area contributed by atoms with Gasteiger partial charge in [-0.05, 0) is 37.6 Å². The maximum absolute atomic E-state index is 12.9. The van der Waals surface area contributed by atoms with Gasteiger partial charge in [0.2, 0.25) is 0 Å². The van der Waals surface area contributed by atoms with Crippen molar-refractivity contribution in [3.05, 3.63) is 66.0 Å². The molecule has 4 rings (SSSR count). The molecule has 1 aliphatic heterocycles. The molecule has 0 unspecified atom stereocenters. The van der Waals surface area contributed by atoms with Crippen molar-refractivity contribution >= 4 is 5.91 Å². The molecule has 0 spiro atoms. The number of rotatable bonds is 6. The first-order valence-electron chi connectivity index (χ1n) is 9.78. The quantitative estimate of drug-likeness (QED) is 0.697. The van der Waals surface area contributed by atoms with E-state index in [9.17, 15) is 9.90 Å². The van der Waals surface area contributed by atoms with Gasteiger partial charge in [-0.3, -0.25) is 4.79 Å². The molecule has 0 aliphatic carbocycles. The van der Waals surface area contributed by atoms with Crippen LogP contribution in [0.3, 0.4) is 0 Å². The van der Waals surface area contributed by atoms with E-state index >= 15 is 0 Å². The number of ether oxygens (including phenoxy) is 1. The molecule has 29 heavy (non-hydrogen) atoms. The standard InChI is InChI=1S/C22H24N4O3/c1-3-29-21-10-5-4-9-19(21)16-7-6-8-17(11-16)22(28)25-12-18(13-25)26-14-20(15(2)27)23-24-26/h4-11,14-15,18,27H,3,12-13H2,1-2H3/t15-/m0/s1. The number of nitrogens with zero attached hydrogens (tertiary/aromatic N) is 4. The van der Waals surface area contributed by atoms with Crippen LogP contribution in [0, 0.1) is 0 Å². The highest BCUT2D eigenvalue weighted by Gasteiger charge is 2.33. The molecular weight excluding hydrogens is 368 g/mol. The second-order valence-corrected chi connectivity index (χ2v) is 7.17. The molecule has 2 heterocycles. The summed E-state index contributed by atoms with van der Waals surface area (Å²) in [6.45, 7) is 5.34. The van der Waals surface area contributed by atoms with Gasteiger partial charge in [0.1, 0.15) is 11.4 Å². The highest BCUT2D eigenvalue weighted by atomic mass is 16.5. The summed E-state index contributed by atoms with van der Waals surface area (Å²) in [6, 6.07) is 15.6. The van der Waals surface area contributed by atoms with Gasteiger partial charge in [0.25, 0.3) is 5.91 Å². The number of para-hydroxylation sites is 1. The number of aliphatic hydroxyl groups excluding tert-OH is 1. The molecule has 7 nitrogen and oxygen atoms in total. The Balaban J connectivity index is 1.47. The smallest absolute Gasteiger partial charge is 0.254 e. The van der Waals surface area contributed by atoms with Gasteiger partial charge in [-0.1, -0.05) is 35.5 Å². The van der Waals surface area contributed by atoms with Crippen molar-refractivity contribution in [3.63, 3.8) is 0 Å². The zero-order valence-corrected chi connectivity index (χ0v) is 16.5. The van der Waals surface area contributed by atoms with Crippen LogP contribution in [0.2, 0.25) is 0 Å². The molecule has 150 valence electrons. The largest absolute Gasteiger partial charge is 0.493 e. The number of carbonyl (C=O) groups is 1. The maximum Gasteiger partial charge on any atom is 0.254 e. The van der Waals surface area contributed by atoms with E-state index in [1.807, 2.05) is 55.5 Å². The fourth-order valence-electron chi connectivity index (χ4n) is 3.44. The Morgan fingerprint density at radius 3 is 2.76 bits per heavy atom. The summed E-state index contributed by atoms with van der Waals surface area (Å²) in [5, 5.41) is 17.6. The minimum Gasteiger partial charge on any atom is -0.493 e. The van der Waals surface area contributed by atoms with Gasteiger partial charge in [0, 0.05) is 24.2 Å². The molecular formula is C22H24N4O3. The van der Waals surface area contributed by atoms with E-state index in [1.165, 1.54) is 0 Å². The lowest BCUT2D eigenvalue weighted by molar-refractivity contribution is 0.0498. The Kier molecular flexibility index (Phi) is 5.31. The maximum atomic E-state index is 12.9. The number of amides is 1. The predicted octanol–water partition coefficient (Wildman–Crippen LogP) is 3.09. The van der Waals surface area contributed by atoms with E-state index in [2.05, 4.69) is 10.3 Å². The van der Waals surface area contributed by atoms with Crippen molar-refractivity contribution < 1.29 is 14.6 Å². The average Bonchev–Trinajstić information content (AvgIpc) is 3.18. The third-order valence-corrected chi connectivity index (χ3v) is 5.09. The van der Waals surface area contributed by atoms with Crippen LogP contribution < -0.4 is 4.74 Å². The molecule has 1 N–H and O–H groups in total. The number of likely N-dealkylation sites (tertiary alicyclic amines) is 1. The fraction of sp³-hybridized carbons (Fsp3) is 0.318. The van der Waals surface area contributed by atoms with Crippen LogP contribution in [0.5, 0.6) is 5.75 Å². The number of aliphatic hydroxyl groups is 1. The monoisotopic (exact) mass is 392 g/mol. The van der Waals surface area contributed by atoms with Gasteiger partial charge >= 0.3 is 0 Å². The number of aromatic nitrogens is 3. The van der Waals surface area contributed by atoms with Crippen LogP contribution in [0.1, 0.15) is 42.0 Å². The third-order valence-electron chi connectivity index (χ3n) is 5.09. The van der Waals surface area contributed by atoms with Gasteiger partial charge in [-0.25, -0.2) is 4.68 Å². The Hall–Kier alpha value is -3.19. The van der Waals surface area contributed by atoms with E-state index in [1.54, 1.807) is 22.7 Å². The van der Waals surface area contributed by atoms with Crippen molar-refractivity contribution in [3.8, 4) is 16.9 Å². The van der Waals surface area contributed by atoms with Crippen molar-refractivity contribution in [1.82, 2.24) is 19.9 Å². The number of benzene rings is 2. The lowest BCUT2D eigenvalue weighted by atomic mass is 10.0. The normalized spacial score (nSPS) is 15.1. The molecule has 0 saturated carbocycles. The summed E-state index contributed by atoms with van der Waals surface area (Å²) in [5.74, 6) is 0.802. The molecule has 0 radical (unpaired) electrons. The van der Waals surface area contributed by atoms with Gasteiger partial charge in [0.05, 0.1) is 24.9 Å². The zero-order chi connectivity index (χ0) is 20.4. The first kappa shape index (κ1) is 19.1. The van der Waals surface area contributed by atoms with Crippen molar-refractivity contribution in [2.45, 2.75) is 26.0 Å². The first-order valence-corrected chi connectivity index (χ1v) is 9.78. The number of carbonyl (C=O) groups excluding carboxylic acids is 1. The minimum absolute atomic E-state index is 0.00661. The second-order valence-electron chi connectivity index (χ2n) is 7.17. The predicted molar refractivity (Wildman–Crippen MR) is 109 cm³/mol. The Bertz CT molecular complexity index is 1010. The van der Waals surface area contributed by atoms with E-state index in [0.29, 0.717) is 31.0 Å². The van der Waals surface area contributed by atoms with Crippen LogP contribution in [0.25, 0.3) is 11.1 Å². The second kappa shape index (κ2) is 8.05. The van der Waals surface area contributed by atoms with E-state index in [0.717, 1.165) is 16.9 Å². The molecule has 1 fully saturated rings. The first-order chi connectivity index (χ1) is 14.1. The summed E-state index contributed by atoms with van der Waals surface area (Å²) in [5.41, 5.74) is 3.11. The van der Waals surface area contributed by atoms with E-state index in [-0.39, 0.29) is 11.9 Å². The Labute approximate surface area is 169 Å². The van der Waals surface area contributed by atoms with Crippen LogP contribution in [0.15, 0.2) is 54.7 Å². The summed E-state index contributed by atoms with van der Waals surface area (Å²) in [7, 11) is 0. The lowest BCUT2D eigenvalue weighted by Crippen LogP contribution is -2.50. The van der Waals surface area contributed by atoms with E-state index in [4.69, 9.17) is 4.74 Å².